The Hall–Kier alpha value is -5.40. The molecule has 280 valence electrons. The van der Waals surface area contributed by atoms with Crippen LogP contribution in [0.25, 0.3) is 0 Å². The molecule has 2 aromatic rings. The minimum atomic E-state index is -1.10. The van der Waals surface area contributed by atoms with Crippen molar-refractivity contribution in [2.45, 2.75) is 91.6 Å². The normalized spacial score (nSPS) is 14.5. The lowest BCUT2D eigenvalue weighted by Crippen LogP contribution is -2.54. The molecule has 52 heavy (non-hydrogen) atoms. The third-order valence-corrected chi connectivity index (χ3v) is 8.76. The highest BCUT2D eigenvalue weighted by Crippen LogP contribution is 2.27. The zero-order chi connectivity index (χ0) is 38.4. The summed E-state index contributed by atoms with van der Waals surface area (Å²) in [4.78, 5) is 102. The van der Waals surface area contributed by atoms with Crippen LogP contribution in [0.15, 0.2) is 36.4 Å². The first-order chi connectivity index (χ1) is 24.9. The smallest absolute Gasteiger partial charge is 0.265 e. The molecular weight excluding hydrogens is 672 g/mol. The van der Waals surface area contributed by atoms with Crippen LogP contribution in [0.4, 0.5) is 0 Å². The summed E-state index contributed by atoms with van der Waals surface area (Å²) in [6, 6.07) is 7.80. The first-order valence-corrected chi connectivity index (χ1v) is 17.5. The van der Waals surface area contributed by atoms with Crippen LogP contribution in [-0.2, 0) is 28.8 Å². The number of carbonyl (C=O) groups is 8. The molecule has 3 rings (SSSR count). The lowest BCUT2D eigenvalue weighted by molar-refractivity contribution is -0.139. The monoisotopic (exact) mass is 720 g/mol. The average molecular weight is 721 g/mol. The quantitative estimate of drug-likeness (QED) is 0.117. The number of carbonyl (C=O) groups excluding carboxylic acids is 8. The molecular formula is C38H48N4O10. The maximum Gasteiger partial charge on any atom is 0.265 e. The number of amides is 7. The van der Waals surface area contributed by atoms with E-state index in [0.29, 0.717) is 68.3 Å². The van der Waals surface area contributed by atoms with E-state index >= 15 is 0 Å². The topological polar surface area (TPSA) is 186 Å². The predicted molar refractivity (Wildman–Crippen MR) is 189 cm³/mol. The summed E-state index contributed by atoms with van der Waals surface area (Å²) in [5.74, 6) is -2.83. The molecule has 2 atom stereocenters. The van der Waals surface area contributed by atoms with Crippen molar-refractivity contribution in [3.8, 4) is 11.5 Å². The third kappa shape index (κ3) is 10.6. The predicted octanol–water partition coefficient (Wildman–Crippen LogP) is 3.44. The molecule has 1 aliphatic heterocycles. The van der Waals surface area contributed by atoms with Gasteiger partial charge in [0.15, 0.2) is 12.4 Å². The van der Waals surface area contributed by atoms with Crippen molar-refractivity contribution in [3.05, 3.63) is 58.7 Å². The standard InChI is InChI=1S/C38H48N4O10/c1-6-12-28(35(47)24(2)3)41(22-43)37(49)27-14-11-15-30(26(27)5)52-21-33(46)39-19-8-7-9-20-51-31-16-10-13-25(4)34(31)38(50)42(23-44)29-17-18-32(45)40-36(29)48/h10-11,13-16,22-24,28-29H,6-9,12,17-21H2,1-5H3,(H,39,46)(H,40,45,48). The van der Waals surface area contributed by atoms with Gasteiger partial charge in [0.05, 0.1) is 18.2 Å². The zero-order valence-corrected chi connectivity index (χ0v) is 30.4. The summed E-state index contributed by atoms with van der Waals surface area (Å²) in [6.07, 6.45) is 3.61. The Morgan fingerprint density at radius 1 is 0.942 bits per heavy atom. The van der Waals surface area contributed by atoms with E-state index in [1.165, 1.54) is 0 Å². The number of aryl methyl sites for hydroxylation is 1. The number of rotatable bonds is 20. The molecule has 0 aliphatic carbocycles. The van der Waals surface area contributed by atoms with Gasteiger partial charge in [-0.1, -0.05) is 45.4 Å². The van der Waals surface area contributed by atoms with Crippen LogP contribution < -0.4 is 20.1 Å². The SMILES string of the molecule is CCCC(C(=O)C(C)C)N(C=O)C(=O)c1cccc(OCC(=O)NCCCCCOc2cccc(C)c2C(=O)N(C=O)C2CCC(=O)NC2=O)c1C. The van der Waals surface area contributed by atoms with Gasteiger partial charge < -0.3 is 14.8 Å². The summed E-state index contributed by atoms with van der Waals surface area (Å²) in [5, 5.41) is 4.94. The van der Waals surface area contributed by atoms with Gasteiger partial charge in [0.25, 0.3) is 17.7 Å². The zero-order valence-electron chi connectivity index (χ0n) is 30.4. The third-order valence-electron chi connectivity index (χ3n) is 8.76. The Morgan fingerprint density at radius 3 is 2.31 bits per heavy atom. The Bertz CT molecular complexity index is 1660. The number of hydrogen-bond donors (Lipinski definition) is 2. The molecule has 0 radical (unpaired) electrons. The number of nitrogens with zero attached hydrogens (tertiary/aromatic N) is 2. The van der Waals surface area contributed by atoms with E-state index in [-0.39, 0.29) is 60.5 Å². The van der Waals surface area contributed by atoms with Crippen LogP contribution in [-0.4, -0.2) is 89.8 Å². The van der Waals surface area contributed by atoms with Crippen LogP contribution in [0, 0.1) is 19.8 Å². The highest BCUT2D eigenvalue weighted by Gasteiger charge is 2.36. The van der Waals surface area contributed by atoms with Gasteiger partial charge in [-0.15, -0.1) is 0 Å². The van der Waals surface area contributed by atoms with Crippen molar-refractivity contribution < 1.29 is 47.8 Å². The molecule has 0 spiro atoms. The molecule has 1 aliphatic rings. The van der Waals surface area contributed by atoms with Gasteiger partial charge in [-0.2, -0.15) is 0 Å². The molecule has 14 nitrogen and oxygen atoms in total. The molecule has 2 unspecified atom stereocenters. The van der Waals surface area contributed by atoms with E-state index < -0.39 is 35.7 Å². The number of benzene rings is 2. The van der Waals surface area contributed by atoms with E-state index in [9.17, 15) is 38.4 Å². The maximum absolute atomic E-state index is 13.4. The molecule has 0 aromatic heterocycles. The second-order valence-corrected chi connectivity index (χ2v) is 12.9. The summed E-state index contributed by atoms with van der Waals surface area (Å²) in [6.45, 7) is 8.99. The lowest BCUT2D eigenvalue weighted by atomic mass is 9.96. The molecule has 14 heteroatoms. The van der Waals surface area contributed by atoms with E-state index in [1.54, 1.807) is 64.1 Å². The van der Waals surface area contributed by atoms with Crippen LogP contribution in [0.1, 0.15) is 97.6 Å². The summed E-state index contributed by atoms with van der Waals surface area (Å²) >= 11 is 0. The Labute approximate surface area is 303 Å². The largest absolute Gasteiger partial charge is 0.493 e. The molecule has 1 saturated heterocycles. The van der Waals surface area contributed by atoms with Crippen molar-refractivity contribution in [1.82, 2.24) is 20.4 Å². The highest BCUT2D eigenvalue weighted by atomic mass is 16.5. The number of hydrogen-bond acceptors (Lipinski definition) is 10. The van der Waals surface area contributed by atoms with Gasteiger partial charge in [0, 0.05) is 30.0 Å². The second kappa shape index (κ2) is 19.8. The Morgan fingerprint density at radius 2 is 1.65 bits per heavy atom. The van der Waals surface area contributed by atoms with Gasteiger partial charge in [-0.05, 0) is 69.7 Å². The highest BCUT2D eigenvalue weighted by molar-refractivity contribution is 6.08. The fourth-order valence-electron chi connectivity index (χ4n) is 5.86. The summed E-state index contributed by atoms with van der Waals surface area (Å²) in [5.41, 5.74) is 1.34. The van der Waals surface area contributed by atoms with Crippen molar-refractivity contribution in [1.29, 1.82) is 0 Å². The summed E-state index contributed by atoms with van der Waals surface area (Å²) in [7, 11) is 0. The van der Waals surface area contributed by atoms with Gasteiger partial charge in [0.1, 0.15) is 17.5 Å². The number of piperidine rings is 1. The van der Waals surface area contributed by atoms with Crippen LogP contribution in [0.2, 0.25) is 0 Å². The van der Waals surface area contributed by atoms with Gasteiger partial charge >= 0.3 is 0 Å². The number of imide groups is 3. The number of Topliss-reactive ketones (excluding diaryl/α,β-unsaturated/α-hetero) is 1. The molecule has 1 heterocycles. The first kappa shape index (κ1) is 41.0. The van der Waals surface area contributed by atoms with Crippen molar-refractivity contribution >= 4 is 48.1 Å². The van der Waals surface area contributed by atoms with Crippen LogP contribution in [0.3, 0.4) is 0 Å². The molecule has 0 saturated carbocycles. The first-order valence-electron chi connectivity index (χ1n) is 17.5. The average Bonchev–Trinajstić information content (AvgIpc) is 3.11. The Balaban J connectivity index is 1.47. The van der Waals surface area contributed by atoms with Crippen molar-refractivity contribution in [2.75, 3.05) is 19.8 Å². The molecule has 0 bridgehead atoms. The fourth-order valence-corrected chi connectivity index (χ4v) is 5.86. The van der Waals surface area contributed by atoms with Gasteiger partial charge in [-0.25, -0.2) is 0 Å². The molecule has 7 amide bonds. The fraction of sp³-hybridized carbons (Fsp3) is 0.474. The van der Waals surface area contributed by atoms with Gasteiger partial charge in [-0.3, -0.25) is 53.5 Å². The number of nitrogens with one attached hydrogen (secondary N) is 2. The molecule has 2 N–H and O–H groups in total. The van der Waals surface area contributed by atoms with Gasteiger partial charge in [0.2, 0.25) is 24.6 Å². The van der Waals surface area contributed by atoms with E-state index in [0.717, 1.165) is 9.80 Å². The Kier molecular flexibility index (Phi) is 15.7. The summed E-state index contributed by atoms with van der Waals surface area (Å²) < 4.78 is 11.6. The van der Waals surface area contributed by atoms with Crippen molar-refractivity contribution in [3.63, 3.8) is 0 Å². The number of ketones is 1. The van der Waals surface area contributed by atoms with E-state index in [1.807, 2.05) is 6.92 Å². The van der Waals surface area contributed by atoms with E-state index in [4.69, 9.17) is 9.47 Å². The minimum Gasteiger partial charge on any atom is -0.493 e. The maximum atomic E-state index is 13.4. The molecule has 1 fully saturated rings. The van der Waals surface area contributed by atoms with Crippen LogP contribution in [0.5, 0.6) is 11.5 Å². The lowest BCUT2D eigenvalue weighted by Gasteiger charge is -2.29. The molecule has 2 aromatic carbocycles. The second-order valence-electron chi connectivity index (χ2n) is 12.9. The number of unbranched alkanes of at least 4 members (excludes halogenated alkanes) is 2. The van der Waals surface area contributed by atoms with Crippen molar-refractivity contribution in [2.24, 2.45) is 5.92 Å². The van der Waals surface area contributed by atoms with Crippen LogP contribution >= 0.6 is 0 Å². The minimum absolute atomic E-state index is 0.0138. The van der Waals surface area contributed by atoms with E-state index in [2.05, 4.69) is 10.6 Å². The number of ether oxygens (including phenoxy) is 2.